The zero-order valence-corrected chi connectivity index (χ0v) is 15.7. The van der Waals surface area contributed by atoms with Crippen molar-refractivity contribution in [2.75, 3.05) is 5.32 Å². The molecule has 4 rings (SSSR count). The summed E-state index contributed by atoms with van der Waals surface area (Å²) in [5.41, 5.74) is -0.319. The Kier molecular flexibility index (Phi) is 4.75. The van der Waals surface area contributed by atoms with Gasteiger partial charge in [-0.05, 0) is 54.3 Å². The number of anilines is 1. The number of carbonyl (C=O) groups is 1. The summed E-state index contributed by atoms with van der Waals surface area (Å²) in [6.45, 7) is 1.57. The normalized spacial score (nSPS) is 10.9. The second-order valence-electron chi connectivity index (χ2n) is 6.72. The van der Waals surface area contributed by atoms with E-state index in [1.54, 1.807) is 31.2 Å². The zero-order valence-electron chi connectivity index (χ0n) is 15.7. The van der Waals surface area contributed by atoms with Crippen molar-refractivity contribution >= 4 is 22.5 Å². The minimum Gasteiger partial charge on any atom is -0.322 e. The molecule has 1 amide bonds. The fraction of sp³-hybridized carbons (Fsp3) is 0.0455. The Bertz CT molecular complexity index is 1420. The molecule has 8 heteroatoms. The maximum Gasteiger partial charge on any atom is 0.268 e. The standard InChI is InChI=1S/C22H15F2N3O3/c1-12-8-9-27(18-10-14(23)4-6-16(18)24)22(30)20(12)21(29)25-15-5-2-13-3-7-19(28)26-17(13)11-15/h2-11H,1H3,(H,25,29)(H,26,28). The number of nitrogens with one attached hydrogen (secondary N) is 2. The lowest BCUT2D eigenvalue weighted by Gasteiger charge is -2.12. The number of carbonyl (C=O) groups excluding carboxylic acids is 1. The Morgan fingerprint density at radius 2 is 1.77 bits per heavy atom. The van der Waals surface area contributed by atoms with E-state index >= 15 is 0 Å². The number of fused-ring (bicyclic) bond motifs is 1. The van der Waals surface area contributed by atoms with Gasteiger partial charge in [-0.15, -0.1) is 0 Å². The molecular formula is C22H15F2N3O3. The van der Waals surface area contributed by atoms with E-state index in [4.69, 9.17) is 0 Å². The Hall–Kier alpha value is -4.07. The molecular weight excluding hydrogens is 392 g/mol. The fourth-order valence-electron chi connectivity index (χ4n) is 3.18. The van der Waals surface area contributed by atoms with Crippen LogP contribution in [0.1, 0.15) is 15.9 Å². The van der Waals surface area contributed by atoms with Gasteiger partial charge in [-0.2, -0.15) is 0 Å². The van der Waals surface area contributed by atoms with Crippen LogP contribution in [0.4, 0.5) is 14.5 Å². The van der Waals surface area contributed by atoms with Gasteiger partial charge in [0.25, 0.3) is 11.5 Å². The molecule has 4 aromatic rings. The fourth-order valence-corrected chi connectivity index (χ4v) is 3.18. The van der Waals surface area contributed by atoms with Crippen molar-refractivity contribution in [2.45, 2.75) is 6.92 Å². The maximum atomic E-state index is 14.1. The lowest BCUT2D eigenvalue weighted by molar-refractivity contribution is 0.102. The summed E-state index contributed by atoms with van der Waals surface area (Å²) < 4.78 is 28.6. The highest BCUT2D eigenvalue weighted by Crippen LogP contribution is 2.18. The summed E-state index contributed by atoms with van der Waals surface area (Å²) in [7, 11) is 0. The molecule has 0 unspecified atom stereocenters. The Balaban J connectivity index is 1.75. The van der Waals surface area contributed by atoms with E-state index < -0.39 is 23.1 Å². The lowest BCUT2D eigenvalue weighted by atomic mass is 10.1. The number of hydrogen-bond donors (Lipinski definition) is 2. The van der Waals surface area contributed by atoms with Crippen LogP contribution in [-0.4, -0.2) is 15.5 Å². The number of amides is 1. The van der Waals surface area contributed by atoms with Crippen LogP contribution in [0.2, 0.25) is 0 Å². The van der Waals surface area contributed by atoms with Gasteiger partial charge in [0.2, 0.25) is 5.56 Å². The molecule has 30 heavy (non-hydrogen) atoms. The molecule has 0 fully saturated rings. The first-order valence-electron chi connectivity index (χ1n) is 8.95. The number of aromatic amines is 1. The monoisotopic (exact) mass is 407 g/mol. The second kappa shape index (κ2) is 7.40. The molecule has 0 saturated carbocycles. The van der Waals surface area contributed by atoms with E-state index in [0.29, 0.717) is 16.8 Å². The molecule has 2 heterocycles. The number of H-pyrrole nitrogens is 1. The van der Waals surface area contributed by atoms with Crippen LogP contribution in [0.3, 0.4) is 0 Å². The Morgan fingerprint density at radius 1 is 1.00 bits per heavy atom. The summed E-state index contributed by atoms with van der Waals surface area (Å²) in [4.78, 5) is 39.9. The van der Waals surface area contributed by atoms with Crippen molar-refractivity contribution in [1.82, 2.24) is 9.55 Å². The minimum atomic E-state index is -0.799. The molecule has 0 bridgehead atoms. The molecule has 0 saturated heterocycles. The van der Waals surface area contributed by atoms with Crippen LogP contribution in [0, 0.1) is 18.6 Å². The molecule has 150 valence electrons. The van der Waals surface area contributed by atoms with Gasteiger partial charge in [-0.3, -0.25) is 19.0 Å². The summed E-state index contributed by atoms with van der Waals surface area (Å²) in [5, 5.41) is 3.38. The van der Waals surface area contributed by atoms with Gasteiger partial charge in [0.15, 0.2) is 0 Å². The van der Waals surface area contributed by atoms with Crippen molar-refractivity contribution in [3.8, 4) is 5.69 Å². The van der Waals surface area contributed by atoms with Gasteiger partial charge in [-0.25, -0.2) is 8.78 Å². The number of pyridine rings is 2. The molecule has 0 aliphatic carbocycles. The lowest BCUT2D eigenvalue weighted by Crippen LogP contribution is -2.29. The zero-order chi connectivity index (χ0) is 21.4. The van der Waals surface area contributed by atoms with Crippen LogP contribution in [0.5, 0.6) is 0 Å². The predicted molar refractivity (Wildman–Crippen MR) is 109 cm³/mol. The van der Waals surface area contributed by atoms with Gasteiger partial charge in [0, 0.05) is 24.0 Å². The van der Waals surface area contributed by atoms with Gasteiger partial charge in [-0.1, -0.05) is 6.07 Å². The number of aryl methyl sites for hydroxylation is 1. The van der Waals surface area contributed by atoms with Crippen molar-refractivity contribution in [3.63, 3.8) is 0 Å². The Labute approximate surface area is 168 Å². The summed E-state index contributed by atoms with van der Waals surface area (Å²) in [6.07, 6.45) is 1.28. The third-order valence-corrected chi connectivity index (χ3v) is 4.68. The molecule has 0 aliphatic heterocycles. The molecule has 2 N–H and O–H groups in total. The van der Waals surface area contributed by atoms with Gasteiger partial charge < -0.3 is 10.3 Å². The summed E-state index contributed by atoms with van der Waals surface area (Å²) in [6, 6.07) is 12.1. The molecule has 0 atom stereocenters. The molecule has 6 nitrogen and oxygen atoms in total. The number of hydrogen-bond acceptors (Lipinski definition) is 3. The third-order valence-electron chi connectivity index (χ3n) is 4.68. The van der Waals surface area contributed by atoms with E-state index in [0.717, 1.165) is 28.2 Å². The van der Waals surface area contributed by atoms with Gasteiger partial charge >= 0.3 is 0 Å². The number of nitrogens with zero attached hydrogens (tertiary/aromatic N) is 1. The smallest absolute Gasteiger partial charge is 0.268 e. The molecule has 0 aliphatic rings. The summed E-state index contributed by atoms with van der Waals surface area (Å²) in [5.74, 6) is -2.22. The molecule has 2 aromatic carbocycles. The van der Waals surface area contributed by atoms with Crippen LogP contribution in [-0.2, 0) is 0 Å². The van der Waals surface area contributed by atoms with E-state index in [-0.39, 0.29) is 16.8 Å². The first kappa shape index (κ1) is 19.3. The van der Waals surface area contributed by atoms with Crippen molar-refractivity contribution < 1.29 is 13.6 Å². The highest BCUT2D eigenvalue weighted by Gasteiger charge is 2.18. The van der Waals surface area contributed by atoms with Crippen LogP contribution in [0.25, 0.3) is 16.6 Å². The first-order valence-corrected chi connectivity index (χ1v) is 8.95. The van der Waals surface area contributed by atoms with Crippen molar-refractivity contribution in [3.05, 3.63) is 104 Å². The van der Waals surface area contributed by atoms with Gasteiger partial charge in [0.1, 0.15) is 17.2 Å². The third kappa shape index (κ3) is 3.50. The van der Waals surface area contributed by atoms with Gasteiger partial charge in [0.05, 0.1) is 11.2 Å². The van der Waals surface area contributed by atoms with Crippen molar-refractivity contribution in [2.24, 2.45) is 0 Å². The molecule has 2 aromatic heterocycles. The van der Waals surface area contributed by atoms with E-state index in [1.165, 1.54) is 18.3 Å². The Morgan fingerprint density at radius 3 is 2.57 bits per heavy atom. The van der Waals surface area contributed by atoms with Crippen molar-refractivity contribution in [1.29, 1.82) is 0 Å². The van der Waals surface area contributed by atoms with Crippen LogP contribution in [0.15, 0.2) is 70.4 Å². The summed E-state index contributed by atoms with van der Waals surface area (Å²) >= 11 is 0. The highest BCUT2D eigenvalue weighted by molar-refractivity contribution is 6.05. The van der Waals surface area contributed by atoms with E-state index in [9.17, 15) is 23.2 Å². The average Bonchev–Trinajstić information content (AvgIpc) is 2.70. The maximum absolute atomic E-state index is 14.1. The number of rotatable bonds is 3. The molecule has 0 spiro atoms. The topological polar surface area (TPSA) is 84.0 Å². The average molecular weight is 407 g/mol. The largest absolute Gasteiger partial charge is 0.322 e. The molecule has 0 radical (unpaired) electrons. The number of benzene rings is 2. The van der Waals surface area contributed by atoms with E-state index in [2.05, 4.69) is 10.3 Å². The highest BCUT2D eigenvalue weighted by atomic mass is 19.1. The van der Waals surface area contributed by atoms with E-state index in [1.807, 2.05) is 0 Å². The van der Waals surface area contributed by atoms with Crippen LogP contribution < -0.4 is 16.4 Å². The second-order valence-corrected chi connectivity index (χ2v) is 6.72. The van der Waals surface area contributed by atoms with Crippen LogP contribution >= 0.6 is 0 Å². The SMILES string of the molecule is Cc1ccn(-c2cc(F)ccc2F)c(=O)c1C(=O)Nc1ccc2ccc(=O)[nH]c2c1. The number of aromatic nitrogens is 2. The quantitative estimate of drug-likeness (QED) is 0.545. The first-order chi connectivity index (χ1) is 14.3. The number of halogens is 2. The minimum absolute atomic E-state index is 0.206. The predicted octanol–water partition coefficient (Wildman–Crippen LogP) is 3.52.